The summed E-state index contributed by atoms with van der Waals surface area (Å²) < 4.78 is 13.1. The average Bonchev–Trinajstić information content (AvgIpc) is 3.27. The van der Waals surface area contributed by atoms with Crippen molar-refractivity contribution in [1.29, 1.82) is 0 Å². The number of furan rings is 1. The van der Waals surface area contributed by atoms with Gasteiger partial charge in [-0.15, -0.1) is 0 Å². The van der Waals surface area contributed by atoms with Gasteiger partial charge in [0.2, 0.25) is 0 Å². The van der Waals surface area contributed by atoms with Crippen molar-refractivity contribution in [3.8, 4) is 0 Å². The van der Waals surface area contributed by atoms with Crippen molar-refractivity contribution in [2.45, 2.75) is 19.5 Å². The quantitative estimate of drug-likeness (QED) is 0.570. The Bertz CT molecular complexity index is 718. The third-order valence-corrected chi connectivity index (χ3v) is 4.48. The molecule has 26 heavy (non-hydrogen) atoms. The fourth-order valence-electron chi connectivity index (χ4n) is 2.99. The predicted octanol–water partition coefficient (Wildman–Crippen LogP) is 0.455. The van der Waals surface area contributed by atoms with Gasteiger partial charge >= 0.3 is 0 Å². The van der Waals surface area contributed by atoms with Crippen LogP contribution in [0.15, 0.2) is 27.9 Å². The van der Waals surface area contributed by atoms with Gasteiger partial charge in [-0.25, -0.2) is 4.98 Å². The van der Waals surface area contributed by atoms with Crippen molar-refractivity contribution in [1.82, 2.24) is 30.3 Å². The maximum Gasteiger partial charge on any atom is 0.191 e. The number of guanidine groups is 1. The first-order valence-corrected chi connectivity index (χ1v) is 8.83. The number of aliphatic imine (C=N–C) groups is 1. The molecule has 3 heterocycles. The Kier molecular flexibility index (Phi) is 6.24. The number of aryl methyl sites for hydroxylation is 2. The summed E-state index contributed by atoms with van der Waals surface area (Å²) in [7, 11) is 3.63. The van der Waals surface area contributed by atoms with E-state index in [1.807, 2.05) is 26.1 Å². The van der Waals surface area contributed by atoms with Gasteiger partial charge in [-0.05, 0) is 19.1 Å². The van der Waals surface area contributed by atoms with E-state index in [-0.39, 0.29) is 6.04 Å². The first-order chi connectivity index (χ1) is 12.7. The molecule has 9 heteroatoms. The summed E-state index contributed by atoms with van der Waals surface area (Å²) in [5.74, 6) is 3.44. The van der Waals surface area contributed by atoms with E-state index in [1.54, 1.807) is 18.1 Å². The Labute approximate surface area is 153 Å². The van der Waals surface area contributed by atoms with Gasteiger partial charge in [-0.1, -0.05) is 0 Å². The van der Waals surface area contributed by atoms with Gasteiger partial charge in [0.15, 0.2) is 5.96 Å². The predicted molar refractivity (Wildman–Crippen MR) is 97.8 cm³/mol. The Morgan fingerprint density at radius 2 is 2.12 bits per heavy atom. The standard InChI is InChI=1S/C17H27N7O2/c1-13-4-5-15(26-13)14(24-6-8-25-9-7-24)10-19-17(18-2)20-11-16-21-12-22-23(16)3/h4-5,12,14H,6-11H2,1-3H3,(H2,18,19,20). The zero-order valence-corrected chi connectivity index (χ0v) is 15.6. The van der Waals surface area contributed by atoms with E-state index in [0.29, 0.717) is 13.1 Å². The lowest BCUT2D eigenvalue weighted by Gasteiger charge is -2.33. The highest BCUT2D eigenvalue weighted by Crippen LogP contribution is 2.23. The van der Waals surface area contributed by atoms with Crippen molar-refractivity contribution in [2.75, 3.05) is 39.9 Å². The number of morpholine rings is 1. The molecule has 0 aliphatic carbocycles. The zero-order valence-electron chi connectivity index (χ0n) is 15.6. The van der Waals surface area contributed by atoms with Crippen LogP contribution in [0, 0.1) is 6.92 Å². The lowest BCUT2D eigenvalue weighted by molar-refractivity contribution is 0.0124. The van der Waals surface area contributed by atoms with Crippen LogP contribution in [-0.2, 0) is 18.3 Å². The summed E-state index contributed by atoms with van der Waals surface area (Å²) in [6.45, 7) is 6.47. The molecule has 0 radical (unpaired) electrons. The number of nitrogens with zero attached hydrogens (tertiary/aromatic N) is 5. The average molecular weight is 361 g/mol. The van der Waals surface area contributed by atoms with E-state index < -0.39 is 0 Å². The van der Waals surface area contributed by atoms with E-state index in [1.165, 1.54) is 0 Å². The summed E-state index contributed by atoms with van der Waals surface area (Å²) in [6, 6.07) is 4.18. The Balaban J connectivity index is 1.61. The normalized spacial score (nSPS) is 17.3. The molecule has 0 amide bonds. The van der Waals surface area contributed by atoms with Gasteiger partial charge < -0.3 is 19.8 Å². The van der Waals surface area contributed by atoms with Crippen LogP contribution in [0.25, 0.3) is 0 Å². The molecule has 0 bridgehead atoms. The Morgan fingerprint density at radius 3 is 2.73 bits per heavy atom. The van der Waals surface area contributed by atoms with E-state index in [9.17, 15) is 0 Å². The molecular formula is C17H27N7O2. The first-order valence-electron chi connectivity index (χ1n) is 8.83. The van der Waals surface area contributed by atoms with Gasteiger partial charge in [-0.3, -0.25) is 14.6 Å². The second kappa shape index (κ2) is 8.81. The number of nitrogens with one attached hydrogen (secondary N) is 2. The molecule has 3 rings (SSSR count). The SMILES string of the molecule is CN=C(NCc1ncnn1C)NCC(c1ccc(C)o1)N1CCOCC1. The molecular weight excluding hydrogens is 334 g/mol. The molecule has 1 saturated heterocycles. The van der Waals surface area contributed by atoms with Crippen molar-refractivity contribution < 1.29 is 9.15 Å². The maximum absolute atomic E-state index is 5.90. The molecule has 0 spiro atoms. The van der Waals surface area contributed by atoms with E-state index in [4.69, 9.17) is 9.15 Å². The number of aromatic nitrogens is 3. The summed E-state index contributed by atoms with van der Waals surface area (Å²) >= 11 is 0. The second-order valence-electron chi connectivity index (χ2n) is 6.22. The second-order valence-corrected chi connectivity index (χ2v) is 6.22. The van der Waals surface area contributed by atoms with Gasteiger partial charge in [0.05, 0.1) is 25.8 Å². The largest absolute Gasteiger partial charge is 0.465 e. The lowest BCUT2D eigenvalue weighted by atomic mass is 10.1. The van der Waals surface area contributed by atoms with Crippen LogP contribution in [0.1, 0.15) is 23.4 Å². The molecule has 1 aliphatic rings. The minimum Gasteiger partial charge on any atom is -0.465 e. The Hall–Kier alpha value is -2.39. The molecule has 2 aromatic rings. The summed E-state index contributed by atoms with van der Waals surface area (Å²) in [5.41, 5.74) is 0. The van der Waals surface area contributed by atoms with Crippen molar-refractivity contribution in [2.24, 2.45) is 12.0 Å². The monoisotopic (exact) mass is 361 g/mol. The molecule has 1 aliphatic heterocycles. The van der Waals surface area contributed by atoms with E-state index in [0.717, 1.165) is 49.6 Å². The van der Waals surface area contributed by atoms with Gasteiger partial charge in [0, 0.05) is 33.7 Å². The summed E-state index contributed by atoms with van der Waals surface area (Å²) in [5, 5.41) is 10.7. The molecule has 9 nitrogen and oxygen atoms in total. The van der Waals surface area contributed by atoms with Crippen LogP contribution in [0.4, 0.5) is 0 Å². The van der Waals surface area contributed by atoms with Crippen molar-refractivity contribution in [3.63, 3.8) is 0 Å². The van der Waals surface area contributed by atoms with Gasteiger partial charge in [0.1, 0.15) is 23.7 Å². The number of ether oxygens (including phenoxy) is 1. The highest BCUT2D eigenvalue weighted by atomic mass is 16.5. The third-order valence-electron chi connectivity index (χ3n) is 4.48. The van der Waals surface area contributed by atoms with Crippen LogP contribution in [0.2, 0.25) is 0 Å². The van der Waals surface area contributed by atoms with Gasteiger partial charge in [-0.2, -0.15) is 5.10 Å². The van der Waals surface area contributed by atoms with Crippen LogP contribution >= 0.6 is 0 Å². The fraction of sp³-hybridized carbons (Fsp3) is 0.588. The maximum atomic E-state index is 5.90. The zero-order chi connectivity index (χ0) is 18.4. The number of hydrogen-bond acceptors (Lipinski definition) is 6. The van der Waals surface area contributed by atoms with E-state index in [2.05, 4.69) is 30.6 Å². The smallest absolute Gasteiger partial charge is 0.191 e. The summed E-state index contributed by atoms with van der Waals surface area (Å²) in [6.07, 6.45) is 1.54. The molecule has 1 unspecified atom stereocenters. The molecule has 142 valence electrons. The van der Waals surface area contributed by atoms with Crippen LogP contribution in [-0.4, -0.2) is 65.5 Å². The summed E-state index contributed by atoms with van der Waals surface area (Å²) in [4.78, 5) is 10.9. The molecule has 0 aromatic carbocycles. The molecule has 0 saturated carbocycles. The highest BCUT2D eigenvalue weighted by Gasteiger charge is 2.25. The molecule has 2 N–H and O–H groups in total. The van der Waals surface area contributed by atoms with Crippen LogP contribution in [0.5, 0.6) is 0 Å². The molecule has 1 atom stereocenters. The molecule has 1 fully saturated rings. The van der Waals surface area contributed by atoms with Gasteiger partial charge in [0.25, 0.3) is 0 Å². The van der Waals surface area contributed by atoms with Crippen LogP contribution in [0.3, 0.4) is 0 Å². The topological polar surface area (TPSA) is 92.7 Å². The van der Waals surface area contributed by atoms with Crippen molar-refractivity contribution >= 4 is 5.96 Å². The lowest BCUT2D eigenvalue weighted by Crippen LogP contribution is -2.46. The molecule has 2 aromatic heterocycles. The minimum atomic E-state index is 0.126. The minimum absolute atomic E-state index is 0.126. The highest BCUT2D eigenvalue weighted by molar-refractivity contribution is 5.79. The first kappa shape index (κ1) is 18.4. The fourth-order valence-corrected chi connectivity index (χ4v) is 2.99. The van der Waals surface area contributed by atoms with Crippen LogP contribution < -0.4 is 10.6 Å². The number of hydrogen-bond donors (Lipinski definition) is 2. The number of rotatable bonds is 6. The van der Waals surface area contributed by atoms with E-state index >= 15 is 0 Å². The third kappa shape index (κ3) is 4.61. The Morgan fingerprint density at radius 1 is 1.31 bits per heavy atom. The van der Waals surface area contributed by atoms with Crippen molar-refractivity contribution in [3.05, 3.63) is 35.8 Å².